The topological polar surface area (TPSA) is 41.6 Å². The van der Waals surface area contributed by atoms with Crippen molar-refractivity contribution < 1.29 is 0 Å². The zero-order chi connectivity index (χ0) is 9.80. The minimum Gasteiger partial charge on any atom is -0.322 e. The van der Waals surface area contributed by atoms with Crippen LogP contribution in [0.4, 0.5) is 0 Å². The summed E-state index contributed by atoms with van der Waals surface area (Å²) in [4.78, 5) is 3.94. The maximum Gasteiger partial charge on any atom is 0.212 e. The lowest BCUT2D eigenvalue weighted by molar-refractivity contribution is 0.687. The molecule has 3 nitrogen and oxygen atoms in total. The van der Waals surface area contributed by atoms with Crippen molar-refractivity contribution in [2.24, 2.45) is 0 Å². The van der Waals surface area contributed by atoms with Crippen LogP contribution >= 0.6 is 11.3 Å². The van der Waals surface area contributed by atoms with Crippen LogP contribution in [0.15, 0.2) is 29.2 Å². The van der Waals surface area contributed by atoms with Crippen LogP contribution in [0.5, 0.6) is 0 Å². The Kier molecular flexibility index (Phi) is 2.61. The number of nitrogens with zero attached hydrogens (tertiary/aromatic N) is 3. The molecule has 2 aromatic rings. The number of hydrogen-bond donors (Lipinski definition) is 0. The second kappa shape index (κ2) is 4.07. The lowest BCUT2D eigenvalue weighted by Gasteiger charge is -2.01. The van der Waals surface area contributed by atoms with Gasteiger partial charge in [-0.05, 0) is 28.8 Å². The van der Waals surface area contributed by atoms with E-state index in [1.807, 2.05) is 10.8 Å². The molecule has 0 radical (unpaired) electrons. The van der Waals surface area contributed by atoms with Gasteiger partial charge in [-0.15, -0.1) is 0 Å². The fraction of sp³-hybridized carbons (Fsp3) is 0.200. The SMILES string of the molecule is N#Cc1nccn1CCc1ccsc1. The van der Waals surface area contributed by atoms with Gasteiger partial charge in [-0.25, -0.2) is 4.98 Å². The molecule has 2 aromatic heterocycles. The summed E-state index contributed by atoms with van der Waals surface area (Å²) >= 11 is 1.70. The van der Waals surface area contributed by atoms with E-state index in [9.17, 15) is 0 Å². The number of hydrogen-bond acceptors (Lipinski definition) is 3. The van der Waals surface area contributed by atoms with Crippen molar-refractivity contribution in [1.29, 1.82) is 5.26 Å². The smallest absolute Gasteiger partial charge is 0.212 e. The summed E-state index contributed by atoms with van der Waals surface area (Å²) in [5.41, 5.74) is 1.31. The van der Waals surface area contributed by atoms with Gasteiger partial charge in [0, 0.05) is 18.9 Å². The largest absolute Gasteiger partial charge is 0.322 e. The summed E-state index contributed by atoms with van der Waals surface area (Å²) in [7, 11) is 0. The monoisotopic (exact) mass is 203 g/mol. The maximum atomic E-state index is 8.73. The molecule has 0 aliphatic rings. The third-order valence-corrected chi connectivity index (χ3v) is 2.77. The van der Waals surface area contributed by atoms with Crippen molar-refractivity contribution in [3.8, 4) is 6.07 Å². The fourth-order valence-electron chi connectivity index (χ4n) is 1.29. The molecule has 0 aromatic carbocycles. The van der Waals surface area contributed by atoms with E-state index in [0.717, 1.165) is 13.0 Å². The predicted molar refractivity (Wildman–Crippen MR) is 55.0 cm³/mol. The Morgan fingerprint density at radius 3 is 3.21 bits per heavy atom. The summed E-state index contributed by atoms with van der Waals surface area (Å²) in [5, 5.41) is 12.9. The molecule has 0 saturated carbocycles. The highest BCUT2D eigenvalue weighted by molar-refractivity contribution is 7.07. The Hall–Kier alpha value is -1.60. The lowest BCUT2D eigenvalue weighted by Crippen LogP contribution is -2.02. The van der Waals surface area contributed by atoms with Crippen molar-refractivity contribution >= 4 is 11.3 Å². The van der Waals surface area contributed by atoms with Crippen LogP contribution in [-0.2, 0) is 13.0 Å². The van der Waals surface area contributed by atoms with Gasteiger partial charge in [-0.3, -0.25) is 0 Å². The van der Waals surface area contributed by atoms with Crippen molar-refractivity contribution in [1.82, 2.24) is 9.55 Å². The van der Waals surface area contributed by atoms with E-state index in [4.69, 9.17) is 5.26 Å². The number of imidazole rings is 1. The van der Waals surface area contributed by atoms with Gasteiger partial charge >= 0.3 is 0 Å². The molecule has 0 unspecified atom stereocenters. The fourth-order valence-corrected chi connectivity index (χ4v) is 1.99. The Morgan fingerprint density at radius 2 is 2.50 bits per heavy atom. The quantitative estimate of drug-likeness (QED) is 0.766. The standard InChI is InChI=1S/C10H9N3S/c11-7-10-12-3-5-13(10)4-1-9-2-6-14-8-9/h2-3,5-6,8H,1,4H2. The van der Waals surface area contributed by atoms with E-state index in [0.29, 0.717) is 5.82 Å². The molecule has 0 saturated heterocycles. The molecular weight excluding hydrogens is 194 g/mol. The van der Waals surface area contributed by atoms with E-state index in [1.54, 1.807) is 17.5 Å². The average molecular weight is 203 g/mol. The van der Waals surface area contributed by atoms with Gasteiger partial charge in [-0.1, -0.05) is 0 Å². The molecule has 0 spiro atoms. The van der Waals surface area contributed by atoms with Crippen molar-refractivity contribution in [3.63, 3.8) is 0 Å². The highest BCUT2D eigenvalue weighted by atomic mass is 32.1. The highest BCUT2D eigenvalue weighted by Gasteiger charge is 2.00. The van der Waals surface area contributed by atoms with Gasteiger partial charge in [0.2, 0.25) is 5.82 Å². The average Bonchev–Trinajstić information content (AvgIpc) is 2.85. The van der Waals surface area contributed by atoms with Crippen LogP contribution in [0, 0.1) is 11.3 Å². The van der Waals surface area contributed by atoms with Gasteiger partial charge in [0.25, 0.3) is 0 Å². The van der Waals surface area contributed by atoms with Gasteiger partial charge in [0.1, 0.15) is 6.07 Å². The van der Waals surface area contributed by atoms with Crippen molar-refractivity contribution in [3.05, 3.63) is 40.6 Å². The molecule has 0 amide bonds. The molecule has 2 rings (SSSR count). The molecule has 0 N–H and O–H groups in total. The second-order valence-electron chi connectivity index (χ2n) is 2.94. The van der Waals surface area contributed by atoms with E-state index in [-0.39, 0.29) is 0 Å². The van der Waals surface area contributed by atoms with Crippen LogP contribution in [0.1, 0.15) is 11.4 Å². The number of aryl methyl sites for hydroxylation is 2. The summed E-state index contributed by atoms with van der Waals surface area (Å²) in [6.45, 7) is 0.819. The normalized spacial score (nSPS) is 9.93. The van der Waals surface area contributed by atoms with Crippen molar-refractivity contribution in [2.45, 2.75) is 13.0 Å². The minimum absolute atomic E-state index is 0.486. The van der Waals surface area contributed by atoms with Crippen LogP contribution in [0.25, 0.3) is 0 Å². The molecule has 0 aliphatic carbocycles. The van der Waals surface area contributed by atoms with Crippen LogP contribution in [0.2, 0.25) is 0 Å². The first-order chi connectivity index (χ1) is 6.90. The first-order valence-electron chi connectivity index (χ1n) is 4.32. The third-order valence-electron chi connectivity index (χ3n) is 2.04. The van der Waals surface area contributed by atoms with Crippen LogP contribution in [-0.4, -0.2) is 9.55 Å². The maximum absolute atomic E-state index is 8.73. The first-order valence-corrected chi connectivity index (χ1v) is 5.27. The number of rotatable bonds is 3. The number of thiophene rings is 1. The molecule has 0 fully saturated rings. The zero-order valence-electron chi connectivity index (χ0n) is 7.55. The van der Waals surface area contributed by atoms with Crippen LogP contribution < -0.4 is 0 Å². The first kappa shape index (κ1) is 8.97. The zero-order valence-corrected chi connectivity index (χ0v) is 8.37. The Bertz CT molecular complexity index is 436. The third kappa shape index (κ3) is 1.83. The molecule has 70 valence electrons. The summed E-state index contributed by atoms with van der Waals surface area (Å²) < 4.78 is 1.87. The number of nitriles is 1. The number of aromatic nitrogens is 2. The molecule has 14 heavy (non-hydrogen) atoms. The van der Waals surface area contributed by atoms with Gasteiger partial charge in [0.15, 0.2) is 0 Å². The van der Waals surface area contributed by atoms with Gasteiger partial charge in [-0.2, -0.15) is 16.6 Å². The van der Waals surface area contributed by atoms with Crippen LogP contribution in [0.3, 0.4) is 0 Å². The van der Waals surface area contributed by atoms with E-state index < -0.39 is 0 Å². The predicted octanol–water partition coefficient (Wildman–Crippen LogP) is 2.06. The Morgan fingerprint density at radius 1 is 1.57 bits per heavy atom. The molecule has 0 bridgehead atoms. The van der Waals surface area contributed by atoms with E-state index in [2.05, 4.69) is 27.9 Å². The minimum atomic E-state index is 0.486. The summed E-state index contributed by atoms with van der Waals surface area (Å²) in [5.74, 6) is 0.486. The Balaban J connectivity index is 2.02. The molecule has 0 aliphatic heterocycles. The van der Waals surface area contributed by atoms with Gasteiger partial charge in [0.05, 0.1) is 0 Å². The molecular formula is C10H9N3S. The highest BCUT2D eigenvalue weighted by Crippen LogP contribution is 2.08. The summed E-state index contributed by atoms with van der Waals surface area (Å²) in [6, 6.07) is 4.16. The lowest BCUT2D eigenvalue weighted by atomic mass is 10.2. The molecule has 2 heterocycles. The molecule has 4 heteroatoms. The van der Waals surface area contributed by atoms with Gasteiger partial charge < -0.3 is 4.57 Å². The summed E-state index contributed by atoms with van der Waals surface area (Å²) in [6.07, 6.45) is 4.45. The second-order valence-corrected chi connectivity index (χ2v) is 3.72. The van der Waals surface area contributed by atoms with E-state index >= 15 is 0 Å². The Labute approximate surface area is 86.3 Å². The van der Waals surface area contributed by atoms with Crippen molar-refractivity contribution in [2.75, 3.05) is 0 Å². The van der Waals surface area contributed by atoms with E-state index in [1.165, 1.54) is 5.56 Å². The molecule has 0 atom stereocenters.